The van der Waals surface area contributed by atoms with Gasteiger partial charge in [0.15, 0.2) is 0 Å². The van der Waals surface area contributed by atoms with Gasteiger partial charge in [-0.3, -0.25) is 4.79 Å². The Morgan fingerprint density at radius 2 is 2.25 bits per heavy atom. The van der Waals surface area contributed by atoms with Crippen molar-refractivity contribution < 1.29 is 4.79 Å². The van der Waals surface area contributed by atoms with Gasteiger partial charge in [-0.15, -0.1) is 5.10 Å². The number of thioether (sulfide) groups is 1. The largest absolute Gasteiger partial charge is 0.350 e. The van der Waals surface area contributed by atoms with Crippen molar-refractivity contribution in [2.45, 2.75) is 30.6 Å². The second-order valence-electron chi connectivity index (χ2n) is 5.55. The highest BCUT2D eigenvalue weighted by Gasteiger charge is 2.28. The molecule has 1 saturated carbocycles. The van der Waals surface area contributed by atoms with Crippen LogP contribution in [-0.2, 0) is 11.3 Å². The van der Waals surface area contributed by atoms with Gasteiger partial charge in [-0.1, -0.05) is 23.4 Å². The molecule has 0 aromatic carbocycles. The van der Waals surface area contributed by atoms with Gasteiger partial charge in [0.05, 0.1) is 29.1 Å². The number of aromatic nitrogens is 6. The minimum atomic E-state index is -0.0829. The molecule has 1 amide bonds. The fourth-order valence-corrected chi connectivity index (χ4v) is 3.24. The summed E-state index contributed by atoms with van der Waals surface area (Å²) in [7, 11) is 0. The summed E-state index contributed by atoms with van der Waals surface area (Å²) in [4.78, 5) is 16.4. The maximum absolute atomic E-state index is 12.0. The molecule has 24 heavy (non-hydrogen) atoms. The van der Waals surface area contributed by atoms with Crippen LogP contribution in [0.25, 0.3) is 5.65 Å². The third kappa shape index (κ3) is 3.36. The van der Waals surface area contributed by atoms with Crippen molar-refractivity contribution in [2.75, 3.05) is 5.75 Å². The lowest BCUT2D eigenvalue weighted by Crippen LogP contribution is -2.24. The smallest absolute Gasteiger partial charge is 0.230 e. The minimum Gasteiger partial charge on any atom is -0.350 e. The molecule has 0 bridgehead atoms. The van der Waals surface area contributed by atoms with Crippen LogP contribution >= 0.6 is 23.4 Å². The van der Waals surface area contributed by atoms with E-state index in [9.17, 15) is 4.79 Å². The predicted octanol–water partition coefficient (Wildman–Crippen LogP) is 1.72. The number of nitrogens with one attached hydrogen (secondary N) is 1. The molecule has 0 unspecified atom stereocenters. The Balaban J connectivity index is 1.31. The van der Waals surface area contributed by atoms with Gasteiger partial charge in [0.2, 0.25) is 11.1 Å². The average molecular weight is 364 g/mol. The van der Waals surface area contributed by atoms with Crippen LogP contribution in [0.15, 0.2) is 29.7 Å². The highest BCUT2D eigenvalue weighted by molar-refractivity contribution is 7.99. The second-order valence-corrected chi connectivity index (χ2v) is 6.93. The molecule has 1 fully saturated rings. The number of rotatable bonds is 6. The van der Waals surface area contributed by atoms with Crippen LogP contribution in [0.3, 0.4) is 0 Å². The number of nitrogens with zero attached hydrogens (tertiary/aromatic N) is 6. The zero-order valence-electron chi connectivity index (χ0n) is 12.6. The van der Waals surface area contributed by atoms with Gasteiger partial charge in [0, 0.05) is 12.4 Å². The first-order valence-electron chi connectivity index (χ1n) is 7.49. The molecule has 0 aliphatic heterocycles. The molecule has 3 aromatic heterocycles. The number of carbonyl (C=O) groups excluding carboxylic acids is 1. The summed E-state index contributed by atoms with van der Waals surface area (Å²) < 4.78 is 3.63. The monoisotopic (exact) mass is 363 g/mol. The first kappa shape index (κ1) is 15.4. The van der Waals surface area contributed by atoms with Crippen molar-refractivity contribution in [2.24, 2.45) is 0 Å². The van der Waals surface area contributed by atoms with Crippen LogP contribution in [0.2, 0.25) is 5.02 Å². The third-order valence-electron chi connectivity index (χ3n) is 3.62. The SMILES string of the molecule is O=C(CSc1nnnn1C1CC1)NCc1cn2cc(Cl)ccc2n1. The van der Waals surface area contributed by atoms with Crippen molar-refractivity contribution in [3.8, 4) is 0 Å². The first-order valence-corrected chi connectivity index (χ1v) is 8.86. The van der Waals surface area contributed by atoms with Gasteiger partial charge < -0.3 is 9.72 Å². The number of carbonyl (C=O) groups is 1. The van der Waals surface area contributed by atoms with Gasteiger partial charge in [0.25, 0.3) is 0 Å². The number of tetrazole rings is 1. The third-order valence-corrected chi connectivity index (χ3v) is 4.78. The molecular weight excluding hydrogens is 350 g/mol. The van der Waals surface area contributed by atoms with Crippen LogP contribution in [-0.4, -0.2) is 41.3 Å². The van der Waals surface area contributed by atoms with E-state index in [0.29, 0.717) is 22.8 Å². The number of hydrogen-bond donors (Lipinski definition) is 1. The molecule has 124 valence electrons. The Morgan fingerprint density at radius 1 is 1.38 bits per heavy atom. The number of imidazole rings is 1. The van der Waals surface area contributed by atoms with Crippen molar-refractivity contribution >= 4 is 34.9 Å². The lowest BCUT2D eigenvalue weighted by molar-refractivity contribution is -0.118. The summed E-state index contributed by atoms with van der Waals surface area (Å²) in [5.74, 6) is 0.187. The summed E-state index contributed by atoms with van der Waals surface area (Å²) in [6, 6.07) is 4.02. The van der Waals surface area contributed by atoms with Crippen LogP contribution in [0.4, 0.5) is 0 Å². The molecular formula is C14H14ClN7OS. The van der Waals surface area contributed by atoms with E-state index in [4.69, 9.17) is 11.6 Å². The molecule has 1 aliphatic carbocycles. The summed E-state index contributed by atoms with van der Waals surface area (Å²) in [6.07, 6.45) is 5.83. The zero-order chi connectivity index (χ0) is 16.5. The van der Waals surface area contributed by atoms with E-state index in [1.807, 2.05) is 16.7 Å². The standard InChI is InChI=1S/C14H14ClN7OS/c15-9-1-4-12-17-10(7-21(12)6-9)5-16-13(23)8-24-14-18-19-20-22(14)11-2-3-11/h1,4,6-7,11H,2-3,5,8H2,(H,16,23). The minimum absolute atomic E-state index is 0.0829. The number of hydrogen-bond acceptors (Lipinski definition) is 6. The fourth-order valence-electron chi connectivity index (χ4n) is 2.30. The van der Waals surface area contributed by atoms with Crippen LogP contribution in [0, 0.1) is 0 Å². The number of halogens is 1. The lowest BCUT2D eigenvalue weighted by atomic mass is 10.4. The maximum atomic E-state index is 12.0. The zero-order valence-corrected chi connectivity index (χ0v) is 14.2. The number of fused-ring (bicyclic) bond motifs is 1. The Labute approximate surface area is 146 Å². The normalized spacial score (nSPS) is 14.2. The van der Waals surface area contributed by atoms with Gasteiger partial charge in [-0.2, -0.15) is 0 Å². The summed E-state index contributed by atoms with van der Waals surface area (Å²) >= 11 is 7.29. The predicted molar refractivity (Wildman–Crippen MR) is 88.9 cm³/mol. The Kier molecular flexibility index (Phi) is 4.11. The summed E-state index contributed by atoms with van der Waals surface area (Å²) in [6.45, 7) is 0.367. The summed E-state index contributed by atoms with van der Waals surface area (Å²) in [5, 5.41) is 15.8. The van der Waals surface area contributed by atoms with Crippen molar-refractivity contribution in [3.05, 3.63) is 35.2 Å². The number of pyridine rings is 1. The van der Waals surface area contributed by atoms with E-state index in [2.05, 4.69) is 25.8 Å². The Hall–Kier alpha value is -2.13. The molecule has 0 radical (unpaired) electrons. The van der Waals surface area contributed by atoms with Gasteiger partial charge in [0.1, 0.15) is 5.65 Å². The van der Waals surface area contributed by atoms with E-state index >= 15 is 0 Å². The molecule has 0 saturated heterocycles. The molecule has 3 aromatic rings. The van der Waals surface area contributed by atoms with E-state index in [1.54, 1.807) is 16.9 Å². The van der Waals surface area contributed by atoms with Crippen molar-refractivity contribution in [1.29, 1.82) is 0 Å². The fraction of sp³-hybridized carbons (Fsp3) is 0.357. The highest BCUT2D eigenvalue weighted by atomic mass is 35.5. The van der Waals surface area contributed by atoms with Crippen LogP contribution < -0.4 is 5.32 Å². The van der Waals surface area contributed by atoms with E-state index in [1.165, 1.54) is 11.8 Å². The maximum Gasteiger partial charge on any atom is 0.230 e. The first-order chi connectivity index (χ1) is 11.7. The van der Waals surface area contributed by atoms with Crippen LogP contribution in [0.5, 0.6) is 0 Å². The molecule has 0 spiro atoms. The van der Waals surface area contributed by atoms with Gasteiger partial charge in [-0.05, 0) is 35.4 Å². The molecule has 10 heteroatoms. The quantitative estimate of drug-likeness (QED) is 0.670. The number of amides is 1. The van der Waals surface area contributed by atoms with E-state index < -0.39 is 0 Å². The van der Waals surface area contributed by atoms with Crippen molar-refractivity contribution in [3.63, 3.8) is 0 Å². The molecule has 1 N–H and O–H groups in total. The second kappa shape index (κ2) is 6.40. The lowest BCUT2D eigenvalue weighted by Gasteiger charge is -2.03. The summed E-state index contributed by atoms with van der Waals surface area (Å²) in [5.41, 5.74) is 1.57. The molecule has 4 rings (SSSR count). The highest BCUT2D eigenvalue weighted by Crippen LogP contribution is 2.36. The Bertz CT molecular complexity index is 888. The van der Waals surface area contributed by atoms with Gasteiger partial charge >= 0.3 is 0 Å². The molecule has 3 heterocycles. The molecule has 8 nitrogen and oxygen atoms in total. The van der Waals surface area contributed by atoms with E-state index in [-0.39, 0.29) is 11.7 Å². The van der Waals surface area contributed by atoms with Crippen LogP contribution in [0.1, 0.15) is 24.6 Å². The van der Waals surface area contributed by atoms with Crippen molar-refractivity contribution in [1.82, 2.24) is 34.9 Å². The Morgan fingerprint density at radius 3 is 3.08 bits per heavy atom. The van der Waals surface area contributed by atoms with E-state index in [0.717, 1.165) is 24.2 Å². The average Bonchev–Trinajstić information content (AvgIpc) is 3.16. The van der Waals surface area contributed by atoms with Gasteiger partial charge in [-0.25, -0.2) is 9.67 Å². The molecule has 0 atom stereocenters. The molecule has 1 aliphatic rings. The topological polar surface area (TPSA) is 90.0 Å².